The molecule has 0 spiro atoms. The molecule has 0 fully saturated rings. The Balaban J connectivity index is 1.95. The van der Waals surface area contributed by atoms with Gasteiger partial charge in [-0.25, -0.2) is 14.2 Å². The van der Waals surface area contributed by atoms with Crippen LogP contribution in [0.15, 0.2) is 24.3 Å². The van der Waals surface area contributed by atoms with E-state index in [-0.39, 0.29) is 23.3 Å². The van der Waals surface area contributed by atoms with E-state index in [0.29, 0.717) is 10.4 Å². The Labute approximate surface area is 159 Å². The third-order valence-electron chi connectivity index (χ3n) is 2.98. The van der Waals surface area contributed by atoms with Gasteiger partial charge in [0.25, 0.3) is 5.91 Å². The Kier molecular flexibility index (Phi) is 6.55. The molecule has 0 unspecified atom stereocenters. The van der Waals surface area contributed by atoms with E-state index >= 15 is 0 Å². The van der Waals surface area contributed by atoms with Crippen LogP contribution in [0, 0.1) is 5.82 Å². The zero-order valence-electron chi connectivity index (χ0n) is 14.6. The quantitative estimate of drug-likeness (QED) is 0.748. The summed E-state index contributed by atoms with van der Waals surface area (Å²) in [6.45, 7) is 5.64. The first-order valence-corrected chi connectivity index (χ1v) is 9.02. The molecule has 2 amide bonds. The maximum absolute atomic E-state index is 13.4. The monoisotopic (exact) mass is 399 g/mol. The highest BCUT2D eigenvalue weighted by atomic mass is 35.5. The van der Waals surface area contributed by atoms with Gasteiger partial charge in [0.2, 0.25) is 0 Å². The van der Waals surface area contributed by atoms with Crippen LogP contribution in [0.3, 0.4) is 0 Å². The van der Waals surface area contributed by atoms with Crippen molar-refractivity contribution < 1.29 is 18.7 Å². The van der Waals surface area contributed by atoms with Crippen molar-refractivity contribution in [1.29, 1.82) is 0 Å². The molecular formula is C17H19ClFN3O3S. The lowest BCUT2D eigenvalue weighted by Crippen LogP contribution is -2.38. The Bertz CT molecular complexity index is 805. The van der Waals surface area contributed by atoms with E-state index < -0.39 is 23.4 Å². The first kappa shape index (κ1) is 20.1. The van der Waals surface area contributed by atoms with Crippen molar-refractivity contribution in [2.45, 2.75) is 26.4 Å². The average Bonchev–Trinajstić information content (AvgIpc) is 2.92. The summed E-state index contributed by atoms with van der Waals surface area (Å²) < 4.78 is 18.7. The standard InChI is InChI=1S/C17H19ClFN3O3S/c1-17(2,3)25-16(24)21-8-7-20-14(23)12-13(26-15(18)22-12)10-5-4-6-11(19)9-10/h4-6,9H,7-8H2,1-3H3,(H,20,23)(H,21,24). The van der Waals surface area contributed by atoms with Crippen molar-refractivity contribution in [2.24, 2.45) is 0 Å². The number of alkyl carbamates (subject to hydrolysis) is 1. The van der Waals surface area contributed by atoms with Crippen LogP contribution in [0.25, 0.3) is 10.4 Å². The summed E-state index contributed by atoms with van der Waals surface area (Å²) in [5, 5.41) is 5.17. The second-order valence-electron chi connectivity index (χ2n) is 6.34. The summed E-state index contributed by atoms with van der Waals surface area (Å²) in [5.41, 5.74) is 0.0409. The summed E-state index contributed by atoms with van der Waals surface area (Å²) in [6.07, 6.45) is -0.566. The number of halogens is 2. The molecule has 9 heteroatoms. The summed E-state index contributed by atoms with van der Waals surface area (Å²) in [5.74, 6) is -0.877. The van der Waals surface area contributed by atoms with Crippen LogP contribution in [0.1, 0.15) is 31.3 Å². The fraction of sp³-hybridized carbons (Fsp3) is 0.353. The highest BCUT2D eigenvalue weighted by Gasteiger charge is 2.19. The number of aromatic nitrogens is 1. The van der Waals surface area contributed by atoms with Gasteiger partial charge >= 0.3 is 6.09 Å². The van der Waals surface area contributed by atoms with E-state index in [1.807, 2.05) is 0 Å². The van der Waals surface area contributed by atoms with Crippen LogP contribution < -0.4 is 10.6 Å². The molecule has 2 rings (SSSR count). The van der Waals surface area contributed by atoms with Gasteiger partial charge in [0.15, 0.2) is 4.47 Å². The van der Waals surface area contributed by atoms with E-state index in [1.54, 1.807) is 32.9 Å². The molecule has 1 aromatic carbocycles. The van der Waals surface area contributed by atoms with Crippen molar-refractivity contribution in [3.05, 3.63) is 40.2 Å². The van der Waals surface area contributed by atoms with Crippen LogP contribution in [-0.4, -0.2) is 35.7 Å². The van der Waals surface area contributed by atoms with Gasteiger partial charge in [-0.2, -0.15) is 0 Å². The number of ether oxygens (including phenoxy) is 1. The van der Waals surface area contributed by atoms with Crippen LogP contribution in [0.5, 0.6) is 0 Å². The minimum Gasteiger partial charge on any atom is -0.444 e. The number of thiazole rings is 1. The van der Waals surface area contributed by atoms with Crippen molar-refractivity contribution >= 4 is 34.9 Å². The lowest BCUT2D eigenvalue weighted by atomic mass is 10.1. The number of benzene rings is 1. The van der Waals surface area contributed by atoms with Gasteiger partial charge in [0, 0.05) is 13.1 Å². The zero-order valence-corrected chi connectivity index (χ0v) is 16.1. The molecule has 0 saturated carbocycles. The lowest BCUT2D eigenvalue weighted by molar-refractivity contribution is 0.0526. The minimum absolute atomic E-state index is 0.114. The van der Waals surface area contributed by atoms with Gasteiger partial charge < -0.3 is 15.4 Å². The number of nitrogens with zero attached hydrogens (tertiary/aromatic N) is 1. The highest BCUT2D eigenvalue weighted by molar-refractivity contribution is 7.19. The molecule has 6 nitrogen and oxygen atoms in total. The predicted octanol–water partition coefficient (Wildman–Crippen LogP) is 3.86. The van der Waals surface area contributed by atoms with Crippen LogP contribution in [0.4, 0.5) is 9.18 Å². The number of nitrogens with one attached hydrogen (secondary N) is 2. The largest absolute Gasteiger partial charge is 0.444 e. The van der Waals surface area contributed by atoms with E-state index in [9.17, 15) is 14.0 Å². The van der Waals surface area contributed by atoms with Crippen LogP contribution >= 0.6 is 22.9 Å². The Morgan fingerprint density at radius 3 is 2.62 bits per heavy atom. The first-order chi connectivity index (χ1) is 12.2. The third-order valence-corrected chi connectivity index (χ3v) is 4.19. The van der Waals surface area contributed by atoms with Crippen molar-refractivity contribution in [1.82, 2.24) is 15.6 Å². The number of rotatable bonds is 5. The van der Waals surface area contributed by atoms with Gasteiger partial charge in [-0.15, -0.1) is 11.3 Å². The second kappa shape index (κ2) is 8.46. The summed E-state index contributed by atoms with van der Waals surface area (Å²) >= 11 is 7.02. The van der Waals surface area contributed by atoms with E-state index in [0.717, 1.165) is 11.3 Å². The van der Waals surface area contributed by atoms with Crippen LogP contribution in [-0.2, 0) is 4.74 Å². The Morgan fingerprint density at radius 1 is 1.27 bits per heavy atom. The summed E-state index contributed by atoms with van der Waals surface area (Å²) in [7, 11) is 0. The van der Waals surface area contributed by atoms with Crippen molar-refractivity contribution in [2.75, 3.05) is 13.1 Å². The van der Waals surface area contributed by atoms with E-state index in [4.69, 9.17) is 16.3 Å². The highest BCUT2D eigenvalue weighted by Crippen LogP contribution is 2.33. The molecule has 1 heterocycles. The molecule has 26 heavy (non-hydrogen) atoms. The van der Waals surface area contributed by atoms with Gasteiger partial charge in [-0.1, -0.05) is 23.7 Å². The van der Waals surface area contributed by atoms with Gasteiger partial charge in [-0.3, -0.25) is 4.79 Å². The maximum atomic E-state index is 13.4. The number of amides is 2. The maximum Gasteiger partial charge on any atom is 0.407 e. The van der Waals surface area contributed by atoms with E-state index in [2.05, 4.69) is 15.6 Å². The second-order valence-corrected chi connectivity index (χ2v) is 7.92. The SMILES string of the molecule is CC(C)(C)OC(=O)NCCNC(=O)c1nc(Cl)sc1-c1cccc(F)c1. The normalized spacial score (nSPS) is 11.1. The molecule has 2 N–H and O–H groups in total. The van der Waals surface area contributed by atoms with Crippen molar-refractivity contribution in [3.63, 3.8) is 0 Å². The zero-order chi connectivity index (χ0) is 19.3. The fourth-order valence-electron chi connectivity index (χ4n) is 2.01. The number of hydrogen-bond acceptors (Lipinski definition) is 5. The molecule has 2 aromatic rings. The lowest BCUT2D eigenvalue weighted by Gasteiger charge is -2.19. The van der Waals surface area contributed by atoms with E-state index in [1.165, 1.54) is 12.1 Å². The number of hydrogen-bond donors (Lipinski definition) is 2. The van der Waals surface area contributed by atoms with Gasteiger partial charge in [-0.05, 0) is 38.5 Å². The number of carbonyl (C=O) groups excluding carboxylic acids is 2. The van der Waals surface area contributed by atoms with Crippen LogP contribution in [0.2, 0.25) is 4.47 Å². The molecule has 140 valence electrons. The fourth-order valence-corrected chi connectivity index (χ4v) is 3.11. The Morgan fingerprint density at radius 2 is 1.96 bits per heavy atom. The smallest absolute Gasteiger partial charge is 0.407 e. The molecule has 0 atom stereocenters. The van der Waals surface area contributed by atoms with Crippen molar-refractivity contribution in [3.8, 4) is 10.4 Å². The summed E-state index contributed by atoms with van der Waals surface area (Å²) in [4.78, 5) is 28.4. The number of carbonyl (C=O) groups is 2. The molecule has 0 aliphatic carbocycles. The topological polar surface area (TPSA) is 80.3 Å². The molecule has 0 bridgehead atoms. The van der Waals surface area contributed by atoms with Gasteiger partial charge in [0.1, 0.15) is 17.1 Å². The first-order valence-electron chi connectivity index (χ1n) is 7.83. The molecule has 0 radical (unpaired) electrons. The molecule has 1 aromatic heterocycles. The Hall–Kier alpha value is -2.19. The summed E-state index contributed by atoms with van der Waals surface area (Å²) in [6, 6.07) is 5.84. The molecule has 0 aliphatic heterocycles. The third kappa shape index (κ3) is 5.96. The minimum atomic E-state index is -0.593. The molecule has 0 aliphatic rings. The molecule has 0 saturated heterocycles. The average molecular weight is 400 g/mol. The predicted molar refractivity (Wildman–Crippen MR) is 99.1 cm³/mol. The molecular weight excluding hydrogens is 381 g/mol. The van der Waals surface area contributed by atoms with Gasteiger partial charge in [0.05, 0.1) is 4.88 Å².